The van der Waals surface area contributed by atoms with E-state index in [1.165, 1.54) is 6.20 Å². The van der Waals surface area contributed by atoms with E-state index in [1.54, 1.807) is 6.92 Å². The molecule has 0 amide bonds. The second-order valence-electron chi connectivity index (χ2n) is 3.93. The van der Waals surface area contributed by atoms with Gasteiger partial charge in [0.25, 0.3) is 0 Å². The summed E-state index contributed by atoms with van der Waals surface area (Å²) in [4.78, 5) is 4.29. The van der Waals surface area contributed by atoms with E-state index in [0.29, 0.717) is 17.0 Å². The summed E-state index contributed by atoms with van der Waals surface area (Å²) in [6.07, 6.45) is 1.50. The smallest absolute Gasteiger partial charge is 0.216 e. The number of benzene rings is 1. The molecule has 0 unspecified atom stereocenters. The van der Waals surface area contributed by atoms with Crippen molar-refractivity contribution in [1.29, 1.82) is 5.26 Å². The van der Waals surface area contributed by atoms with E-state index in [0.717, 1.165) is 5.69 Å². The van der Waals surface area contributed by atoms with Crippen LogP contribution in [0, 0.1) is 18.3 Å². The molecule has 20 heavy (non-hydrogen) atoms. The summed E-state index contributed by atoms with van der Waals surface area (Å²) in [6.45, 7) is 1.78. The lowest BCUT2D eigenvalue weighted by atomic mass is 10.2. The van der Waals surface area contributed by atoms with E-state index >= 15 is 0 Å². The van der Waals surface area contributed by atoms with Crippen LogP contribution in [0.2, 0.25) is 0 Å². The number of hydrogen-bond donors (Lipinski definition) is 2. The zero-order chi connectivity index (χ0) is 13.9. The molecular formula is C12H9N7O. The number of nitrogens with one attached hydrogen (secondary N) is 2. The number of aryl methyl sites for hydroxylation is 1. The normalized spacial score (nSPS) is 11.5. The van der Waals surface area contributed by atoms with E-state index in [1.807, 2.05) is 24.3 Å². The third-order valence-electron chi connectivity index (χ3n) is 2.60. The average Bonchev–Trinajstić information content (AvgIpc) is 3.08. The van der Waals surface area contributed by atoms with Gasteiger partial charge in [0.05, 0.1) is 5.69 Å². The van der Waals surface area contributed by atoms with Gasteiger partial charge in [0.15, 0.2) is 11.5 Å². The van der Waals surface area contributed by atoms with Crippen molar-refractivity contribution in [3.05, 3.63) is 36.1 Å². The minimum Gasteiger partial charge on any atom is -0.441 e. The van der Waals surface area contributed by atoms with Gasteiger partial charge in [0, 0.05) is 13.1 Å². The Balaban J connectivity index is 1.95. The molecule has 0 fully saturated rings. The van der Waals surface area contributed by atoms with Crippen LogP contribution < -0.4 is 5.32 Å². The molecule has 1 aromatic carbocycles. The molecule has 0 bridgehead atoms. The number of tetrazole rings is 1. The van der Waals surface area contributed by atoms with Gasteiger partial charge in [0.2, 0.25) is 5.82 Å². The molecule has 0 aliphatic heterocycles. The van der Waals surface area contributed by atoms with Crippen LogP contribution in [0.1, 0.15) is 11.7 Å². The molecule has 8 nitrogen and oxygen atoms in total. The number of allylic oxidation sites excluding steroid dienone is 1. The van der Waals surface area contributed by atoms with Crippen molar-refractivity contribution in [2.75, 3.05) is 5.32 Å². The lowest BCUT2D eigenvalue weighted by Gasteiger charge is -2.00. The van der Waals surface area contributed by atoms with E-state index in [2.05, 4.69) is 30.9 Å². The summed E-state index contributed by atoms with van der Waals surface area (Å²) >= 11 is 0. The number of aromatic nitrogens is 5. The summed E-state index contributed by atoms with van der Waals surface area (Å²) in [5.74, 6) is 0.806. The Hall–Kier alpha value is -3.21. The molecule has 0 atom stereocenters. The summed E-state index contributed by atoms with van der Waals surface area (Å²) in [7, 11) is 0. The number of nitrogens with zero attached hydrogens (tertiary/aromatic N) is 5. The maximum Gasteiger partial charge on any atom is 0.216 e. The van der Waals surface area contributed by atoms with Crippen molar-refractivity contribution >= 4 is 22.4 Å². The molecule has 0 saturated heterocycles. The number of fused-ring (bicyclic) bond motifs is 1. The molecule has 8 heteroatoms. The van der Waals surface area contributed by atoms with Crippen LogP contribution in [0.25, 0.3) is 16.7 Å². The first-order chi connectivity index (χ1) is 9.78. The fourth-order valence-electron chi connectivity index (χ4n) is 1.75. The van der Waals surface area contributed by atoms with E-state index < -0.39 is 0 Å². The maximum absolute atomic E-state index is 9.08. The topological polar surface area (TPSA) is 116 Å². The highest BCUT2D eigenvalue weighted by Gasteiger charge is 2.08. The third kappa shape index (κ3) is 2.08. The SMILES string of the molecule is Cc1nc2c(NC=C(C#N)c3nn[nH]n3)cccc2o1. The van der Waals surface area contributed by atoms with Crippen LogP contribution in [0.3, 0.4) is 0 Å². The van der Waals surface area contributed by atoms with Crippen LogP contribution in [-0.4, -0.2) is 25.6 Å². The first-order valence-corrected chi connectivity index (χ1v) is 5.74. The molecule has 3 aromatic rings. The van der Waals surface area contributed by atoms with Gasteiger partial charge in [-0.1, -0.05) is 6.07 Å². The lowest BCUT2D eigenvalue weighted by molar-refractivity contribution is 0.561. The molecule has 0 radical (unpaired) electrons. The quantitative estimate of drug-likeness (QED) is 0.692. The predicted molar refractivity (Wildman–Crippen MR) is 70.1 cm³/mol. The van der Waals surface area contributed by atoms with Crippen LogP contribution in [0.15, 0.2) is 28.8 Å². The Morgan fingerprint density at radius 1 is 1.50 bits per heavy atom. The van der Waals surface area contributed by atoms with Gasteiger partial charge in [-0.2, -0.15) is 10.5 Å². The van der Waals surface area contributed by atoms with Crippen molar-refractivity contribution in [2.45, 2.75) is 6.92 Å². The van der Waals surface area contributed by atoms with Crippen LogP contribution in [0.4, 0.5) is 5.69 Å². The van der Waals surface area contributed by atoms with Gasteiger partial charge in [-0.15, -0.1) is 10.2 Å². The largest absolute Gasteiger partial charge is 0.441 e. The maximum atomic E-state index is 9.08. The predicted octanol–water partition coefficient (Wildman–Crippen LogP) is 1.63. The summed E-state index contributed by atoms with van der Waals surface area (Å²) in [5.41, 5.74) is 2.37. The molecular weight excluding hydrogens is 258 g/mol. The first-order valence-electron chi connectivity index (χ1n) is 5.74. The van der Waals surface area contributed by atoms with E-state index in [9.17, 15) is 0 Å². The molecule has 0 saturated carbocycles. The highest BCUT2D eigenvalue weighted by Crippen LogP contribution is 2.23. The Bertz CT molecular complexity index is 810. The van der Waals surface area contributed by atoms with Crippen molar-refractivity contribution in [3.8, 4) is 6.07 Å². The minimum atomic E-state index is 0.225. The molecule has 0 aliphatic rings. The van der Waals surface area contributed by atoms with Crippen LogP contribution in [0.5, 0.6) is 0 Å². The van der Waals surface area contributed by atoms with Crippen molar-refractivity contribution in [3.63, 3.8) is 0 Å². The number of rotatable bonds is 3. The fraction of sp³-hybridized carbons (Fsp3) is 0.0833. The Kier molecular flexibility index (Phi) is 2.85. The number of aromatic amines is 1. The molecule has 0 aliphatic carbocycles. The van der Waals surface area contributed by atoms with Gasteiger partial charge < -0.3 is 9.73 Å². The van der Waals surface area contributed by atoms with Gasteiger partial charge in [-0.05, 0) is 17.3 Å². The number of H-pyrrole nitrogens is 1. The Morgan fingerprint density at radius 3 is 3.15 bits per heavy atom. The standard InChI is InChI=1S/C12H9N7O/c1-7-15-11-9(3-2-4-10(11)20-7)14-6-8(5-13)12-16-18-19-17-12/h2-4,6,14H,1H3,(H,16,17,18,19). The van der Waals surface area contributed by atoms with E-state index in [4.69, 9.17) is 9.68 Å². The number of hydrogen-bond acceptors (Lipinski definition) is 7. The molecule has 2 aromatic heterocycles. The van der Waals surface area contributed by atoms with E-state index in [-0.39, 0.29) is 11.4 Å². The highest BCUT2D eigenvalue weighted by molar-refractivity contribution is 5.88. The van der Waals surface area contributed by atoms with Gasteiger partial charge in [-0.25, -0.2) is 4.98 Å². The number of nitriles is 1. The van der Waals surface area contributed by atoms with Gasteiger partial charge in [-0.3, -0.25) is 0 Å². The fourth-order valence-corrected chi connectivity index (χ4v) is 1.75. The lowest BCUT2D eigenvalue weighted by Crippen LogP contribution is -1.93. The number of oxazole rings is 1. The monoisotopic (exact) mass is 267 g/mol. The molecule has 98 valence electrons. The molecule has 2 heterocycles. The Labute approximate surface area is 113 Å². The van der Waals surface area contributed by atoms with Crippen molar-refractivity contribution in [2.24, 2.45) is 0 Å². The molecule has 0 spiro atoms. The second kappa shape index (κ2) is 4.81. The summed E-state index contributed by atoms with van der Waals surface area (Å²) in [6, 6.07) is 7.50. The third-order valence-corrected chi connectivity index (χ3v) is 2.60. The van der Waals surface area contributed by atoms with Crippen molar-refractivity contribution < 1.29 is 4.42 Å². The minimum absolute atomic E-state index is 0.225. The van der Waals surface area contributed by atoms with Gasteiger partial charge >= 0.3 is 0 Å². The van der Waals surface area contributed by atoms with Crippen LogP contribution >= 0.6 is 0 Å². The Morgan fingerprint density at radius 2 is 2.40 bits per heavy atom. The zero-order valence-electron chi connectivity index (χ0n) is 10.5. The molecule has 2 N–H and O–H groups in total. The summed E-state index contributed by atoms with van der Waals surface area (Å²) in [5, 5.41) is 25.3. The van der Waals surface area contributed by atoms with Crippen LogP contribution in [-0.2, 0) is 0 Å². The average molecular weight is 267 g/mol. The second-order valence-corrected chi connectivity index (χ2v) is 3.93. The molecule has 3 rings (SSSR count). The number of para-hydroxylation sites is 1. The van der Waals surface area contributed by atoms with Gasteiger partial charge in [0.1, 0.15) is 17.2 Å². The number of anilines is 1. The summed E-state index contributed by atoms with van der Waals surface area (Å²) < 4.78 is 5.44. The van der Waals surface area contributed by atoms with Crippen molar-refractivity contribution in [1.82, 2.24) is 25.6 Å². The first kappa shape index (κ1) is 11.9. The zero-order valence-corrected chi connectivity index (χ0v) is 10.5. The highest BCUT2D eigenvalue weighted by atomic mass is 16.3.